The average molecular weight is 314 g/mol. The lowest BCUT2D eigenvalue weighted by atomic mass is 9.88. The summed E-state index contributed by atoms with van der Waals surface area (Å²) in [5.74, 6) is 0. The number of aromatic nitrogens is 1. The summed E-state index contributed by atoms with van der Waals surface area (Å²) in [6.07, 6.45) is 5.10. The minimum Gasteiger partial charge on any atom is -0.444 e. The van der Waals surface area contributed by atoms with Gasteiger partial charge in [-0.05, 0) is 51.8 Å². The van der Waals surface area contributed by atoms with Gasteiger partial charge in [-0.3, -0.25) is 4.98 Å². The molecule has 2 aliphatic rings. The summed E-state index contributed by atoms with van der Waals surface area (Å²) in [7, 11) is 0. The Labute approximate surface area is 136 Å². The topological polar surface area (TPSA) is 67.2 Å². The van der Waals surface area contributed by atoms with Crippen LogP contribution >= 0.6 is 0 Å². The van der Waals surface area contributed by atoms with Gasteiger partial charge < -0.3 is 9.64 Å². The Kier molecular flexibility index (Phi) is 3.92. The van der Waals surface area contributed by atoms with Crippen LogP contribution in [0.4, 0.5) is 4.79 Å². The van der Waals surface area contributed by atoms with E-state index in [0.29, 0.717) is 13.1 Å². The Morgan fingerprint density at radius 1 is 1.26 bits per heavy atom. The molecule has 0 aromatic carbocycles. The van der Waals surface area contributed by atoms with Gasteiger partial charge in [0.05, 0.1) is 5.69 Å². The highest BCUT2D eigenvalue weighted by Crippen LogP contribution is 2.37. The number of ether oxygens (including phenoxy) is 1. The lowest BCUT2D eigenvalue weighted by Crippen LogP contribution is -2.46. The fraction of sp³-hybridized carbons (Fsp3) is 0.529. The van der Waals surface area contributed by atoms with Gasteiger partial charge in [0, 0.05) is 19.3 Å². The number of hydrogen-bond acceptors (Lipinski definition) is 5. The third-order valence-corrected chi connectivity index (χ3v) is 3.97. The first-order valence-corrected chi connectivity index (χ1v) is 7.92. The van der Waals surface area contributed by atoms with Gasteiger partial charge in [0.1, 0.15) is 16.8 Å². The molecule has 2 aliphatic heterocycles. The Morgan fingerprint density at radius 2 is 2.00 bits per heavy atom. The Morgan fingerprint density at radius 3 is 2.61 bits per heavy atom. The van der Waals surface area contributed by atoms with Crippen molar-refractivity contribution in [2.45, 2.75) is 44.8 Å². The molecule has 0 radical (unpaired) electrons. The van der Waals surface area contributed by atoms with Crippen LogP contribution in [0.15, 0.2) is 40.7 Å². The molecule has 0 saturated carbocycles. The first-order chi connectivity index (χ1) is 10.9. The monoisotopic (exact) mass is 314 g/mol. The molecule has 3 rings (SSSR count). The number of hydrogen-bond donors (Lipinski definition) is 0. The van der Waals surface area contributed by atoms with Crippen LogP contribution in [0.5, 0.6) is 0 Å². The number of rotatable bonds is 1. The maximum Gasteiger partial charge on any atom is 0.410 e. The first kappa shape index (κ1) is 15.6. The van der Waals surface area contributed by atoms with Gasteiger partial charge >= 0.3 is 6.09 Å². The van der Waals surface area contributed by atoms with E-state index in [9.17, 15) is 4.79 Å². The second-order valence-corrected chi connectivity index (χ2v) is 7.02. The van der Waals surface area contributed by atoms with Crippen LogP contribution in [-0.2, 0) is 4.74 Å². The van der Waals surface area contributed by atoms with E-state index in [1.807, 2.05) is 39.0 Å². The van der Waals surface area contributed by atoms with E-state index in [1.54, 1.807) is 11.1 Å². The molecule has 1 fully saturated rings. The lowest BCUT2D eigenvalue weighted by molar-refractivity contribution is 0.0187. The summed E-state index contributed by atoms with van der Waals surface area (Å²) in [5, 5.41) is 8.77. The molecule has 0 aliphatic carbocycles. The first-order valence-electron chi connectivity index (χ1n) is 7.92. The van der Waals surface area contributed by atoms with Crippen molar-refractivity contribution in [2.24, 2.45) is 10.2 Å². The van der Waals surface area contributed by atoms with Gasteiger partial charge in [-0.1, -0.05) is 6.07 Å². The third-order valence-electron chi connectivity index (χ3n) is 3.97. The van der Waals surface area contributed by atoms with Crippen molar-refractivity contribution in [1.82, 2.24) is 9.88 Å². The summed E-state index contributed by atoms with van der Waals surface area (Å²) in [5.41, 5.74) is 0.885. The van der Waals surface area contributed by atoms with Crippen LogP contribution in [0.25, 0.3) is 5.70 Å². The molecule has 1 amide bonds. The largest absolute Gasteiger partial charge is 0.444 e. The summed E-state index contributed by atoms with van der Waals surface area (Å²) in [4.78, 5) is 18.2. The molecular formula is C17H22N4O2. The van der Waals surface area contributed by atoms with Crippen molar-refractivity contribution < 1.29 is 9.53 Å². The SMILES string of the molecule is CC(C)(C)OC(=O)N1CCC2(C=C(c3ccccn3)N=N2)CC1. The Balaban J connectivity index is 1.65. The van der Waals surface area contributed by atoms with Gasteiger partial charge in [0.15, 0.2) is 0 Å². The fourth-order valence-corrected chi connectivity index (χ4v) is 2.75. The van der Waals surface area contributed by atoms with E-state index in [1.165, 1.54) is 0 Å². The molecule has 3 heterocycles. The fourth-order valence-electron chi connectivity index (χ4n) is 2.75. The Bertz CT molecular complexity index is 638. The van der Waals surface area contributed by atoms with Crippen LogP contribution in [0.1, 0.15) is 39.3 Å². The minimum atomic E-state index is -0.467. The molecule has 1 saturated heterocycles. The number of carbonyl (C=O) groups excluding carboxylic acids is 1. The summed E-state index contributed by atoms with van der Waals surface area (Å²) >= 11 is 0. The number of nitrogens with zero attached hydrogens (tertiary/aromatic N) is 4. The second kappa shape index (κ2) is 5.76. The molecule has 6 nitrogen and oxygen atoms in total. The van der Waals surface area contributed by atoms with E-state index >= 15 is 0 Å². The van der Waals surface area contributed by atoms with Crippen LogP contribution in [-0.4, -0.2) is 40.2 Å². The molecular weight excluding hydrogens is 292 g/mol. The number of amides is 1. The highest BCUT2D eigenvalue weighted by atomic mass is 16.6. The van der Waals surface area contributed by atoms with Crippen molar-refractivity contribution in [3.63, 3.8) is 0 Å². The van der Waals surface area contributed by atoms with Crippen LogP contribution in [0.3, 0.4) is 0 Å². The quantitative estimate of drug-likeness (QED) is 0.794. The van der Waals surface area contributed by atoms with E-state index in [0.717, 1.165) is 24.2 Å². The van der Waals surface area contributed by atoms with E-state index in [2.05, 4.69) is 21.3 Å². The van der Waals surface area contributed by atoms with Gasteiger partial charge in [0.2, 0.25) is 0 Å². The van der Waals surface area contributed by atoms with E-state index < -0.39 is 5.60 Å². The number of likely N-dealkylation sites (tertiary alicyclic amines) is 1. The van der Waals surface area contributed by atoms with Crippen LogP contribution in [0.2, 0.25) is 0 Å². The maximum atomic E-state index is 12.1. The smallest absolute Gasteiger partial charge is 0.410 e. The predicted molar refractivity (Wildman–Crippen MR) is 86.8 cm³/mol. The van der Waals surface area contributed by atoms with E-state index in [4.69, 9.17) is 4.74 Å². The van der Waals surface area contributed by atoms with Gasteiger partial charge in [-0.2, -0.15) is 10.2 Å². The van der Waals surface area contributed by atoms with Crippen LogP contribution in [0, 0.1) is 0 Å². The van der Waals surface area contributed by atoms with Gasteiger partial charge in [0.25, 0.3) is 0 Å². The summed E-state index contributed by atoms with van der Waals surface area (Å²) in [6.45, 7) is 6.88. The lowest BCUT2D eigenvalue weighted by Gasteiger charge is -2.36. The molecule has 6 heteroatoms. The molecule has 23 heavy (non-hydrogen) atoms. The van der Waals surface area contributed by atoms with Crippen LogP contribution < -0.4 is 0 Å². The minimum absolute atomic E-state index is 0.254. The van der Waals surface area contributed by atoms with Gasteiger partial charge in [-0.25, -0.2) is 4.79 Å². The second-order valence-electron chi connectivity index (χ2n) is 7.02. The average Bonchev–Trinajstić information content (AvgIpc) is 2.91. The number of carbonyl (C=O) groups is 1. The standard InChI is InChI=1S/C17H22N4O2/c1-16(2,3)23-15(22)21-10-7-17(8-11-21)12-14(19-20-17)13-6-4-5-9-18-13/h4-6,9,12H,7-8,10-11H2,1-3H3. The molecule has 122 valence electrons. The molecule has 0 N–H and O–H groups in total. The van der Waals surface area contributed by atoms with Gasteiger partial charge in [-0.15, -0.1) is 0 Å². The molecule has 1 aromatic rings. The van der Waals surface area contributed by atoms with Crippen molar-refractivity contribution in [3.05, 3.63) is 36.2 Å². The van der Waals surface area contributed by atoms with Crippen molar-refractivity contribution >= 4 is 11.8 Å². The highest BCUT2D eigenvalue weighted by molar-refractivity contribution is 5.69. The zero-order valence-corrected chi connectivity index (χ0v) is 13.8. The van der Waals surface area contributed by atoms with Crippen molar-refractivity contribution in [1.29, 1.82) is 0 Å². The molecule has 0 bridgehead atoms. The number of piperidine rings is 1. The predicted octanol–water partition coefficient (Wildman–Crippen LogP) is 3.66. The van der Waals surface area contributed by atoms with E-state index in [-0.39, 0.29) is 11.6 Å². The van der Waals surface area contributed by atoms with Crippen molar-refractivity contribution in [2.75, 3.05) is 13.1 Å². The number of azo groups is 1. The molecule has 1 aromatic heterocycles. The molecule has 0 atom stereocenters. The third kappa shape index (κ3) is 3.57. The number of pyridine rings is 1. The highest BCUT2D eigenvalue weighted by Gasteiger charge is 2.38. The molecule has 0 unspecified atom stereocenters. The maximum absolute atomic E-state index is 12.1. The summed E-state index contributed by atoms with van der Waals surface area (Å²) in [6, 6.07) is 5.75. The Hall–Kier alpha value is -2.24. The normalized spacial score (nSPS) is 19.8. The summed E-state index contributed by atoms with van der Waals surface area (Å²) < 4.78 is 5.43. The zero-order chi connectivity index (χ0) is 16.5. The zero-order valence-electron chi connectivity index (χ0n) is 13.8. The molecule has 1 spiro atoms. The van der Waals surface area contributed by atoms with Crippen molar-refractivity contribution in [3.8, 4) is 0 Å².